The molecule has 0 atom stereocenters. The first-order valence-electron chi connectivity index (χ1n) is 7.33. The van der Waals surface area contributed by atoms with Gasteiger partial charge in [0, 0.05) is 26.1 Å². The van der Waals surface area contributed by atoms with E-state index in [0.717, 1.165) is 30.5 Å². The van der Waals surface area contributed by atoms with Gasteiger partial charge < -0.3 is 10.2 Å². The van der Waals surface area contributed by atoms with Crippen molar-refractivity contribution in [3.63, 3.8) is 0 Å². The van der Waals surface area contributed by atoms with Crippen LogP contribution in [0, 0.1) is 5.92 Å². The molecule has 0 aromatic carbocycles. The molecular weight excluding hydrogens is 236 g/mol. The first kappa shape index (κ1) is 14.3. The molecule has 0 amide bonds. The van der Waals surface area contributed by atoms with Gasteiger partial charge in [0.05, 0.1) is 17.6 Å². The quantitative estimate of drug-likeness (QED) is 0.855. The lowest BCUT2D eigenvalue weighted by atomic mass is 9.85. The van der Waals surface area contributed by atoms with Crippen LogP contribution in [0.5, 0.6) is 0 Å². The van der Waals surface area contributed by atoms with E-state index in [9.17, 15) is 0 Å². The van der Waals surface area contributed by atoms with Crippen molar-refractivity contribution in [2.75, 3.05) is 25.5 Å². The maximum absolute atomic E-state index is 4.72. The van der Waals surface area contributed by atoms with Crippen LogP contribution in [0.4, 0.5) is 5.69 Å². The zero-order valence-electron chi connectivity index (χ0n) is 12.6. The molecule has 1 aromatic rings. The highest BCUT2D eigenvalue weighted by Gasteiger charge is 2.21. The van der Waals surface area contributed by atoms with Gasteiger partial charge in [-0.05, 0) is 25.8 Å². The lowest BCUT2D eigenvalue weighted by Crippen LogP contribution is -2.31. The third-order valence-electron chi connectivity index (χ3n) is 3.89. The Labute approximate surface area is 116 Å². The molecule has 4 heteroatoms. The fraction of sp³-hybridized carbons (Fsp3) is 0.733. The van der Waals surface area contributed by atoms with Gasteiger partial charge in [-0.3, -0.25) is 0 Å². The Kier molecular flexibility index (Phi) is 4.75. The van der Waals surface area contributed by atoms with Crippen LogP contribution >= 0.6 is 0 Å². The van der Waals surface area contributed by atoms with Gasteiger partial charge in [0.1, 0.15) is 5.82 Å². The average Bonchev–Trinajstić information content (AvgIpc) is 2.33. The highest BCUT2D eigenvalue weighted by Crippen LogP contribution is 2.29. The smallest absolute Gasteiger partial charge is 0.131 e. The zero-order chi connectivity index (χ0) is 13.8. The van der Waals surface area contributed by atoms with Crippen molar-refractivity contribution in [1.82, 2.24) is 15.3 Å². The normalized spacial score (nSPS) is 15.6. The van der Waals surface area contributed by atoms with Gasteiger partial charge >= 0.3 is 0 Å². The standard InChI is InChI=1S/C15H26N4/c1-11(2)15-17-9-14(13(18-15)8-16-3)19(4)10-12-6-5-7-12/h9,11-12,16H,5-8,10H2,1-4H3. The van der Waals surface area contributed by atoms with Crippen LogP contribution in [0.2, 0.25) is 0 Å². The van der Waals surface area contributed by atoms with Crippen LogP contribution in [-0.2, 0) is 6.54 Å². The van der Waals surface area contributed by atoms with E-state index in [-0.39, 0.29) is 0 Å². The number of hydrogen-bond acceptors (Lipinski definition) is 4. The van der Waals surface area contributed by atoms with Crippen molar-refractivity contribution in [3.8, 4) is 0 Å². The summed E-state index contributed by atoms with van der Waals surface area (Å²) >= 11 is 0. The summed E-state index contributed by atoms with van der Waals surface area (Å²) in [6.45, 7) is 6.19. The molecule has 4 nitrogen and oxygen atoms in total. The Bertz CT molecular complexity index is 413. The minimum absolute atomic E-state index is 0.376. The molecule has 1 aliphatic rings. The van der Waals surface area contributed by atoms with Crippen molar-refractivity contribution < 1.29 is 0 Å². The molecule has 0 radical (unpaired) electrons. The van der Waals surface area contributed by atoms with E-state index in [1.54, 1.807) is 0 Å². The summed E-state index contributed by atoms with van der Waals surface area (Å²) in [4.78, 5) is 11.6. The van der Waals surface area contributed by atoms with Crippen molar-refractivity contribution in [2.45, 2.75) is 45.6 Å². The van der Waals surface area contributed by atoms with Crippen LogP contribution in [0.25, 0.3) is 0 Å². The summed E-state index contributed by atoms with van der Waals surface area (Å²) in [6.07, 6.45) is 6.13. The first-order chi connectivity index (χ1) is 9.11. The molecule has 0 saturated heterocycles. The van der Waals surface area contributed by atoms with Gasteiger partial charge in [-0.2, -0.15) is 0 Å². The number of anilines is 1. The van der Waals surface area contributed by atoms with Gasteiger partial charge in [-0.15, -0.1) is 0 Å². The van der Waals surface area contributed by atoms with Crippen LogP contribution in [-0.4, -0.2) is 30.6 Å². The summed E-state index contributed by atoms with van der Waals surface area (Å²) in [6, 6.07) is 0. The number of rotatable bonds is 6. The molecular formula is C15H26N4. The third kappa shape index (κ3) is 3.44. The molecule has 1 aliphatic carbocycles. The molecule has 0 aliphatic heterocycles. The van der Waals surface area contributed by atoms with E-state index < -0.39 is 0 Å². The number of aromatic nitrogens is 2. The molecule has 0 bridgehead atoms. The fourth-order valence-electron chi connectivity index (χ4n) is 2.48. The van der Waals surface area contributed by atoms with Gasteiger partial charge in [0.2, 0.25) is 0 Å². The largest absolute Gasteiger partial charge is 0.372 e. The maximum Gasteiger partial charge on any atom is 0.131 e. The van der Waals surface area contributed by atoms with Crippen LogP contribution in [0.15, 0.2) is 6.20 Å². The summed E-state index contributed by atoms with van der Waals surface area (Å²) in [5.41, 5.74) is 2.29. The minimum atomic E-state index is 0.376. The molecule has 0 spiro atoms. The Balaban J connectivity index is 2.16. The summed E-state index contributed by atoms with van der Waals surface area (Å²) in [5, 5.41) is 3.21. The van der Waals surface area contributed by atoms with Crippen LogP contribution in [0.3, 0.4) is 0 Å². The van der Waals surface area contributed by atoms with E-state index >= 15 is 0 Å². The highest BCUT2D eigenvalue weighted by molar-refractivity contribution is 5.48. The minimum Gasteiger partial charge on any atom is -0.372 e. The van der Waals surface area contributed by atoms with Crippen molar-refractivity contribution in [2.24, 2.45) is 5.92 Å². The third-order valence-corrected chi connectivity index (χ3v) is 3.89. The van der Waals surface area contributed by atoms with Crippen LogP contribution < -0.4 is 10.2 Å². The lowest BCUT2D eigenvalue weighted by molar-refractivity contribution is 0.321. The molecule has 1 N–H and O–H groups in total. The Hall–Kier alpha value is -1.16. The number of nitrogens with one attached hydrogen (secondary N) is 1. The average molecular weight is 262 g/mol. The second kappa shape index (κ2) is 6.33. The summed E-state index contributed by atoms with van der Waals surface area (Å²) in [5.74, 6) is 2.17. The van der Waals surface area contributed by atoms with Gasteiger partial charge in [-0.25, -0.2) is 9.97 Å². The molecule has 19 heavy (non-hydrogen) atoms. The molecule has 1 fully saturated rings. The van der Waals surface area contributed by atoms with Crippen molar-refractivity contribution >= 4 is 5.69 Å². The zero-order valence-corrected chi connectivity index (χ0v) is 12.6. The van der Waals surface area contributed by atoms with Gasteiger partial charge in [0.25, 0.3) is 0 Å². The lowest BCUT2D eigenvalue weighted by Gasteiger charge is -2.32. The molecule has 0 unspecified atom stereocenters. The first-order valence-corrected chi connectivity index (χ1v) is 7.33. The second-order valence-corrected chi connectivity index (χ2v) is 5.92. The Morgan fingerprint density at radius 2 is 2.16 bits per heavy atom. The number of nitrogens with zero attached hydrogens (tertiary/aromatic N) is 3. The monoisotopic (exact) mass is 262 g/mol. The predicted octanol–water partition coefficient (Wildman–Crippen LogP) is 2.56. The SMILES string of the molecule is CNCc1nc(C(C)C)ncc1N(C)CC1CCC1. The highest BCUT2D eigenvalue weighted by atomic mass is 15.1. The Morgan fingerprint density at radius 3 is 2.68 bits per heavy atom. The van der Waals surface area contributed by atoms with Crippen molar-refractivity contribution in [1.29, 1.82) is 0 Å². The fourth-order valence-corrected chi connectivity index (χ4v) is 2.48. The van der Waals surface area contributed by atoms with Crippen molar-refractivity contribution in [3.05, 3.63) is 17.7 Å². The topological polar surface area (TPSA) is 41.1 Å². The number of hydrogen-bond donors (Lipinski definition) is 1. The predicted molar refractivity (Wildman–Crippen MR) is 79.5 cm³/mol. The molecule has 1 aromatic heterocycles. The summed E-state index contributed by atoms with van der Waals surface area (Å²) in [7, 11) is 4.12. The van der Waals surface area contributed by atoms with E-state index in [0.29, 0.717) is 5.92 Å². The second-order valence-electron chi connectivity index (χ2n) is 5.92. The van der Waals surface area contributed by atoms with E-state index in [2.05, 4.69) is 36.1 Å². The van der Waals surface area contributed by atoms with E-state index in [1.807, 2.05) is 13.2 Å². The molecule has 1 heterocycles. The molecule has 106 valence electrons. The summed E-state index contributed by atoms with van der Waals surface area (Å²) < 4.78 is 0. The van der Waals surface area contributed by atoms with E-state index in [4.69, 9.17) is 4.98 Å². The Morgan fingerprint density at radius 1 is 1.42 bits per heavy atom. The van der Waals surface area contributed by atoms with Gasteiger partial charge in [0.15, 0.2) is 0 Å². The molecule has 1 saturated carbocycles. The maximum atomic E-state index is 4.72. The van der Waals surface area contributed by atoms with Crippen LogP contribution in [0.1, 0.15) is 50.5 Å². The van der Waals surface area contributed by atoms with Gasteiger partial charge in [-0.1, -0.05) is 20.3 Å². The molecule has 2 rings (SSSR count). The van der Waals surface area contributed by atoms with E-state index in [1.165, 1.54) is 24.9 Å².